The molecule has 1 aromatic heterocycles. The summed E-state index contributed by atoms with van der Waals surface area (Å²) in [6.45, 7) is 0. The van der Waals surface area contributed by atoms with E-state index in [-0.39, 0.29) is 22.9 Å². The van der Waals surface area contributed by atoms with Gasteiger partial charge in [-0.3, -0.25) is 24.6 Å². The van der Waals surface area contributed by atoms with E-state index in [1.165, 1.54) is 47.6 Å². The molecule has 0 N–H and O–H groups in total. The van der Waals surface area contributed by atoms with Crippen molar-refractivity contribution in [1.29, 1.82) is 0 Å². The number of hydrogen-bond acceptors (Lipinski definition) is 5. The standard InChI is InChI=1S/C20H16N4O4/c1-22-14-12-21-19(22)20(26)23(16-5-3-2-4-6-16)13-11-18(25)15-7-9-17(10-8-15)24(27)28/h2-14H,1H3/b13-11+. The Morgan fingerprint density at radius 3 is 2.36 bits per heavy atom. The van der Waals surface area contributed by atoms with E-state index in [9.17, 15) is 19.7 Å². The first kappa shape index (κ1) is 18.7. The summed E-state index contributed by atoms with van der Waals surface area (Å²) in [5.41, 5.74) is 0.749. The molecule has 0 fully saturated rings. The number of aryl methyl sites for hydroxylation is 1. The van der Waals surface area contributed by atoms with Crippen LogP contribution in [0.4, 0.5) is 11.4 Å². The lowest BCUT2D eigenvalue weighted by Gasteiger charge is -2.18. The van der Waals surface area contributed by atoms with Gasteiger partial charge in [-0.05, 0) is 24.3 Å². The van der Waals surface area contributed by atoms with Crippen molar-refractivity contribution >= 4 is 23.1 Å². The molecule has 2 aromatic carbocycles. The highest BCUT2D eigenvalue weighted by Crippen LogP contribution is 2.18. The van der Waals surface area contributed by atoms with Crippen molar-refractivity contribution in [1.82, 2.24) is 9.55 Å². The van der Waals surface area contributed by atoms with Crippen LogP contribution in [0.1, 0.15) is 21.0 Å². The predicted molar refractivity (Wildman–Crippen MR) is 103 cm³/mol. The summed E-state index contributed by atoms with van der Waals surface area (Å²) in [6.07, 6.45) is 5.79. The van der Waals surface area contributed by atoms with Crippen molar-refractivity contribution in [3.05, 3.63) is 101 Å². The zero-order chi connectivity index (χ0) is 20.1. The smallest absolute Gasteiger partial charge is 0.298 e. The van der Waals surface area contributed by atoms with Gasteiger partial charge in [0.05, 0.1) is 4.92 Å². The lowest BCUT2D eigenvalue weighted by Crippen LogP contribution is -2.28. The van der Waals surface area contributed by atoms with Crippen molar-refractivity contribution in [3.63, 3.8) is 0 Å². The number of ketones is 1. The summed E-state index contributed by atoms with van der Waals surface area (Å²) in [5, 5.41) is 10.7. The van der Waals surface area contributed by atoms with E-state index in [4.69, 9.17) is 0 Å². The van der Waals surface area contributed by atoms with Gasteiger partial charge in [-0.15, -0.1) is 0 Å². The van der Waals surface area contributed by atoms with Crippen molar-refractivity contribution in [2.24, 2.45) is 7.05 Å². The Hall–Kier alpha value is -4.07. The number of carbonyl (C=O) groups is 2. The third-order valence-electron chi connectivity index (χ3n) is 4.00. The second kappa shape index (κ2) is 8.09. The Kier molecular flexibility index (Phi) is 5.40. The summed E-state index contributed by atoms with van der Waals surface area (Å²) in [7, 11) is 1.70. The quantitative estimate of drug-likeness (QED) is 0.284. The first-order valence-corrected chi connectivity index (χ1v) is 8.30. The van der Waals surface area contributed by atoms with Crippen LogP contribution in [0.25, 0.3) is 0 Å². The van der Waals surface area contributed by atoms with Crippen LogP contribution in [-0.2, 0) is 7.05 Å². The van der Waals surface area contributed by atoms with Gasteiger partial charge in [0, 0.05) is 55.1 Å². The molecule has 28 heavy (non-hydrogen) atoms. The lowest BCUT2D eigenvalue weighted by atomic mass is 10.1. The number of hydrogen-bond donors (Lipinski definition) is 0. The van der Waals surface area contributed by atoms with Crippen molar-refractivity contribution in [2.75, 3.05) is 4.90 Å². The highest BCUT2D eigenvalue weighted by Gasteiger charge is 2.19. The SMILES string of the molecule is Cn1ccnc1C(=O)N(/C=C/C(=O)c1ccc([N+](=O)[O-])cc1)c1ccccc1. The van der Waals surface area contributed by atoms with Crippen molar-refractivity contribution in [3.8, 4) is 0 Å². The van der Waals surface area contributed by atoms with E-state index in [1.54, 1.807) is 42.1 Å². The van der Waals surface area contributed by atoms with Gasteiger partial charge in [0.15, 0.2) is 11.6 Å². The van der Waals surface area contributed by atoms with Gasteiger partial charge in [-0.25, -0.2) is 4.98 Å². The van der Waals surface area contributed by atoms with Crippen LogP contribution in [-0.4, -0.2) is 26.2 Å². The number of aromatic nitrogens is 2. The number of imidazole rings is 1. The molecule has 0 aliphatic carbocycles. The van der Waals surface area contributed by atoms with E-state index in [0.29, 0.717) is 5.69 Å². The molecule has 0 unspecified atom stereocenters. The van der Waals surface area contributed by atoms with E-state index >= 15 is 0 Å². The first-order chi connectivity index (χ1) is 13.5. The Balaban J connectivity index is 1.88. The second-order valence-electron chi connectivity index (χ2n) is 5.86. The number of nitrogens with zero attached hydrogens (tertiary/aromatic N) is 4. The Bertz CT molecular complexity index is 1040. The van der Waals surface area contributed by atoms with E-state index in [0.717, 1.165) is 0 Å². The van der Waals surface area contributed by atoms with Gasteiger partial charge in [0.1, 0.15) is 0 Å². The third kappa shape index (κ3) is 4.01. The Morgan fingerprint density at radius 2 is 1.79 bits per heavy atom. The van der Waals surface area contributed by atoms with E-state index in [2.05, 4.69) is 4.98 Å². The van der Waals surface area contributed by atoms with Crippen LogP contribution in [0.15, 0.2) is 79.3 Å². The monoisotopic (exact) mass is 376 g/mol. The number of para-hydroxylation sites is 1. The molecule has 0 aliphatic heterocycles. The highest BCUT2D eigenvalue weighted by atomic mass is 16.6. The molecule has 0 spiro atoms. The molecule has 140 valence electrons. The van der Waals surface area contributed by atoms with E-state index in [1.807, 2.05) is 6.07 Å². The number of allylic oxidation sites excluding steroid dienone is 1. The van der Waals surface area contributed by atoms with Gasteiger partial charge in [0.25, 0.3) is 11.6 Å². The predicted octanol–water partition coefficient (Wildman–Crippen LogP) is 3.37. The number of amides is 1. The average Bonchev–Trinajstić information content (AvgIpc) is 3.14. The molecular formula is C20H16N4O4. The summed E-state index contributed by atoms with van der Waals surface area (Å²) in [5.74, 6) is -0.564. The van der Waals surface area contributed by atoms with Crippen LogP contribution < -0.4 is 4.90 Å². The number of anilines is 1. The second-order valence-corrected chi connectivity index (χ2v) is 5.86. The summed E-state index contributed by atoms with van der Waals surface area (Å²) >= 11 is 0. The molecule has 3 aromatic rings. The molecule has 1 amide bonds. The molecule has 0 saturated heterocycles. The number of carbonyl (C=O) groups excluding carboxylic acids is 2. The number of nitro benzene ring substituents is 1. The minimum Gasteiger partial charge on any atom is -0.330 e. The maximum Gasteiger partial charge on any atom is 0.298 e. The molecule has 0 atom stereocenters. The molecule has 3 rings (SSSR count). The molecule has 0 radical (unpaired) electrons. The van der Waals surface area contributed by atoms with Gasteiger partial charge in [-0.2, -0.15) is 0 Å². The number of rotatable bonds is 6. The molecule has 8 heteroatoms. The molecular weight excluding hydrogens is 360 g/mol. The zero-order valence-corrected chi connectivity index (χ0v) is 14.9. The maximum absolute atomic E-state index is 12.9. The molecule has 8 nitrogen and oxygen atoms in total. The third-order valence-corrected chi connectivity index (χ3v) is 4.00. The number of non-ortho nitro benzene ring substituents is 1. The molecule has 0 aliphatic rings. The zero-order valence-electron chi connectivity index (χ0n) is 14.9. The fourth-order valence-electron chi connectivity index (χ4n) is 2.52. The normalized spacial score (nSPS) is 10.8. The molecule has 1 heterocycles. The van der Waals surface area contributed by atoms with Crippen molar-refractivity contribution in [2.45, 2.75) is 0 Å². The summed E-state index contributed by atoms with van der Waals surface area (Å²) in [4.78, 5) is 40.9. The Morgan fingerprint density at radius 1 is 1.11 bits per heavy atom. The van der Waals surface area contributed by atoms with Crippen LogP contribution in [0.2, 0.25) is 0 Å². The van der Waals surface area contributed by atoms with E-state index < -0.39 is 10.8 Å². The van der Waals surface area contributed by atoms with Gasteiger partial charge in [-0.1, -0.05) is 18.2 Å². The topological polar surface area (TPSA) is 98.3 Å². The highest BCUT2D eigenvalue weighted by molar-refractivity contribution is 6.08. The van der Waals surface area contributed by atoms with Gasteiger partial charge in [0.2, 0.25) is 0 Å². The minimum absolute atomic E-state index is 0.101. The van der Waals surface area contributed by atoms with Crippen molar-refractivity contribution < 1.29 is 14.5 Å². The molecule has 0 bridgehead atoms. The minimum atomic E-state index is -0.535. The largest absolute Gasteiger partial charge is 0.330 e. The fraction of sp³-hybridized carbons (Fsp3) is 0.0500. The number of nitro groups is 1. The van der Waals surface area contributed by atoms with Crippen LogP contribution >= 0.6 is 0 Å². The molecule has 0 saturated carbocycles. The average molecular weight is 376 g/mol. The van der Waals surface area contributed by atoms with Crippen LogP contribution in [0.5, 0.6) is 0 Å². The number of benzene rings is 2. The lowest BCUT2D eigenvalue weighted by molar-refractivity contribution is -0.384. The maximum atomic E-state index is 12.9. The van der Waals surface area contributed by atoms with Crippen LogP contribution in [0.3, 0.4) is 0 Å². The van der Waals surface area contributed by atoms with Crippen LogP contribution in [0, 0.1) is 10.1 Å². The van der Waals surface area contributed by atoms with Gasteiger partial charge >= 0.3 is 0 Å². The summed E-state index contributed by atoms with van der Waals surface area (Å²) < 4.78 is 1.59. The van der Waals surface area contributed by atoms with Gasteiger partial charge < -0.3 is 4.57 Å². The first-order valence-electron chi connectivity index (χ1n) is 8.30. The fourth-order valence-corrected chi connectivity index (χ4v) is 2.52. The summed E-state index contributed by atoms with van der Waals surface area (Å²) in [6, 6.07) is 14.1. The Labute approximate surface area is 160 Å².